The van der Waals surface area contributed by atoms with Crippen molar-refractivity contribution in [1.29, 1.82) is 0 Å². The number of fused-ring (bicyclic) bond motifs is 1. The molecular weight excluding hydrogens is 465 g/mol. The van der Waals surface area contributed by atoms with E-state index in [0.29, 0.717) is 22.6 Å². The number of carbonyl (C=O) groups excluding carboxylic acids is 2. The van der Waals surface area contributed by atoms with Crippen molar-refractivity contribution in [3.63, 3.8) is 0 Å². The van der Waals surface area contributed by atoms with Gasteiger partial charge in [0.1, 0.15) is 17.1 Å². The molecular formula is C32H40FNO3. The summed E-state index contributed by atoms with van der Waals surface area (Å²) in [4.78, 5) is 28.5. The second-order valence-corrected chi connectivity index (χ2v) is 12.8. The number of Topliss-reactive ketones (excluding diaryl/α,β-unsaturated/α-hetero) is 1. The fourth-order valence-corrected chi connectivity index (χ4v) is 4.87. The highest BCUT2D eigenvalue weighted by atomic mass is 19.1. The van der Waals surface area contributed by atoms with Crippen LogP contribution in [0.2, 0.25) is 0 Å². The predicted molar refractivity (Wildman–Crippen MR) is 148 cm³/mol. The van der Waals surface area contributed by atoms with Crippen LogP contribution in [0, 0.1) is 22.6 Å². The van der Waals surface area contributed by atoms with E-state index >= 15 is 0 Å². The first kappa shape index (κ1) is 28.5. The zero-order valence-electron chi connectivity index (χ0n) is 23.5. The third kappa shape index (κ3) is 6.44. The van der Waals surface area contributed by atoms with E-state index < -0.39 is 0 Å². The quantitative estimate of drug-likeness (QED) is 0.264. The minimum Gasteiger partial charge on any atom is -0.451 e. The summed E-state index contributed by atoms with van der Waals surface area (Å²) in [6.07, 6.45) is 4.58. The molecule has 1 aliphatic carbocycles. The molecule has 0 amide bonds. The topological polar surface area (TPSA) is 60.2 Å². The number of hydrogen-bond donors (Lipinski definition) is 0. The summed E-state index contributed by atoms with van der Waals surface area (Å²) in [6.45, 7) is 20.4. The molecule has 5 heteroatoms. The lowest BCUT2D eigenvalue weighted by molar-refractivity contribution is -0.138. The van der Waals surface area contributed by atoms with Gasteiger partial charge in [-0.05, 0) is 60.1 Å². The fraction of sp³-hybridized carbons (Fsp3) is 0.469. The molecule has 2 aromatic heterocycles. The van der Waals surface area contributed by atoms with Crippen molar-refractivity contribution in [2.24, 2.45) is 16.7 Å². The van der Waals surface area contributed by atoms with Gasteiger partial charge in [0, 0.05) is 28.5 Å². The Morgan fingerprint density at radius 2 is 1.73 bits per heavy atom. The van der Waals surface area contributed by atoms with Gasteiger partial charge in [0.05, 0.1) is 5.69 Å². The summed E-state index contributed by atoms with van der Waals surface area (Å²) < 4.78 is 18.9. The summed E-state index contributed by atoms with van der Waals surface area (Å²) in [6, 6.07) is 9.74. The molecule has 37 heavy (non-hydrogen) atoms. The molecule has 4 rings (SSSR count). The molecule has 1 fully saturated rings. The maximum absolute atomic E-state index is 13.2. The summed E-state index contributed by atoms with van der Waals surface area (Å²) in [5, 5.41) is 0. The molecule has 1 atom stereocenters. The predicted octanol–water partition coefficient (Wildman–Crippen LogP) is 8.73. The van der Waals surface area contributed by atoms with Crippen molar-refractivity contribution in [1.82, 2.24) is 4.98 Å². The Kier molecular flexibility index (Phi) is 7.97. The maximum atomic E-state index is 13.2. The Hall–Kier alpha value is -3.08. The summed E-state index contributed by atoms with van der Waals surface area (Å²) in [5.74, 6) is 0.394. The van der Waals surface area contributed by atoms with Gasteiger partial charge in [-0.3, -0.25) is 9.59 Å². The number of allylic oxidation sites excluding steroid dienone is 1. The highest BCUT2D eigenvalue weighted by Gasteiger charge is 2.42. The second kappa shape index (κ2) is 10.4. The molecule has 1 unspecified atom stereocenters. The van der Waals surface area contributed by atoms with Crippen molar-refractivity contribution >= 4 is 22.7 Å². The van der Waals surface area contributed by atoms with Gasteiger partial charge in [-0.15, -0.1) is 0 Å². The Morgan fingerprint density at radius 3 is 2.24 bits per heavy atom. The molecule has 0 radical (unpaired) electrons. The molecule has 0 N–H and O–H groups in total. The molecule has 0 aliphatic heterocycles. The maximum Gasteiger partial charge on any atom is 0.220 e. The third-order valence-electron chi connectivity index (χ3n) is 7.18. The Balaban J connectivity index is 0.000000248. The molecule has 0 bridgehead atoms. The van der Waals surface area contributed by atoms with E-state index in [9.17, 15) is 14.0 Å². The van der Waals surface area contributed by atoms with Gasteiger partial charge in [-0.2, -0.15) is 0 Å². The monoisotopic (exact) mass is 505 g/mol. The van der Waals surface area contributed by atoms with Gasteiger partial charge in [0.25, 0.3) is 0 Å². The minimum atomic E-state index is -0.293. The molecule has 198 valence electrons. The van der Waals surface area contributed by atoms with E-state index in [4.69, 9.17) is 4.42 Å². The van der Waals surface area contributed by atoms with Gasteiger partial charge in [0.2, 0.25) is 5.78 Å². The highest BCUT2D eigenvalue weighted by Crippen LogP contribution is 2.43. The lowest BCUT2D eigenvalue weighted by atomic mass is 9.63. The largest absolute Gasteiger partial charge is 0.451 e. The van der Waals surface area contributed by atoms with E-state index in [0.717, 1.165) is 24.0 Å². The Bertz CT molecular complexity index is 1300. The molecule has 1 saturated carbocycles. The molecule has 2 heterocycles. The zero-order chi connectivity index (χ0) is 27.8. The van der Waals surface area contributed by atoms with Crippen molar-refractivity contribution in [3.8, 4) is 11.3 Å². The Labute approximate surface area is 220 Å². The number of carbonyl (C=O) groups is 2. The number of hydrogen-bond acceptors (Lipinski definition) is 4. The number of benzene rings is 1. The third-order valence-corrected chi connectivity index (χ3v) is 7.18. The molecule has 0 spiro atoms. The number of nitrogens with zero attached hydrogens (tertiary/aromatic N) is 1. The second-order valence-electron chi connectivity index (χ2n) is 12.8. The van der Waals surface area contributed by atoms with Gasteiger partial charge in [-0.25, -0.2) is 9.37 Å². The van der Waals surface area contributed by atoms with Crippen LogP contribution in [0.25, 0.3) is 22.4 Å². The van der Waals surface area contributed by atoms with Crippen LogP contribution in [0.4, 0.5) is 4.39 Å². The van der Waals surface area contributed by atoms with Gasteiger partial charge in [-0.1, -0.05) is 68.4 Å². The lowest BCUT2D eigenvalue weighted by Gasteiger charge is -2.40. The Morgan fingerprint density at radius 1 is 1.11 bits per heavy atom. The van der Waals surface area contributed by atoms with Crippen LogP contribution in [-0.4, -0.2) is 16.6 Å². The molecule has 1 aliphatic rings. The van der Waals surface area contributed by atoms with Crippen molar-refractivity contribution < 1.29 is 18.4 Å². The number of rotatable bonds is 3. The van der Waals surface area contributed by atoms with Crippen molar-refractivity contribution in [2.75, 3.05) is 0 Å². The highest BCUT2D eigenvalue weighted by molar-refractivity contribution is 6.04. The molecule has 3 aromatic rings. The fourth-order valence-electron chi connectivity index (χ4n) is 4.87. The van der Waals surface area contributed by atoms with Crippen LogP contribution in [0.1, 0.15) is 90.8 Å². The van der Waals surface area contributed by atoms with E-state index in [1.54, 1.807) is 18.2 Å². The van der Waals surface area contributed by atoms with Crippen LogP contribution >= 0.6 is 0 Å². The number of aromatic nitrogens is 1. The van der Waals surface area contributed by atoms with Crippen LogP contribution in [0.15, 0.2) is 53.5 Å². The average Bonchev–Trinajstić information content (AvgIpc) is 3.23. The standard InChI is InChI=1S/C20H18FNO2.C12H22O/c1-5-17(23)18-11-16-19(24-18)14(20(2,3)4)10-15(22-16)12-6-8-13(21)9-7-12;1-11(2,3)9-7-6-8-12(4,5)10(9)13/h5-11H,1H2,2-4H3;9H,6-8H2,1-5H3. The normalized spacial score (nSPS) is 17.8. The molecule has 1 aromatic carbocycles. The van der Waals surface area contributed by atoms with Gasteiger partial charge >= 0.3 is 0 Å². The lowest BCUT2D eigenvalue weighted by Crippen LogP contribution is -2.41. The van der Waals surface area contributed by atoms with E-state index in [1.165, 1.54) is 24.6 Å². The summed E-state index contributed by atoms with van der Waals surface area (Å²) in [7, 11) is 0. The van der Waals surface area contributed by atoms with E-state index in [-0.39, 0.29) is 39.5 Å². The smallest absolute Gasteiger partial charge is 0.220 e. The number of halogens is 1. The van der Waals surface area contributed by atoms with Crippen molar-refractivity contribution in [2.45, 2.75) is 80.1 Å². The summed E-state index contributed by atoms with van der Waals surface area (Å²) in [5.41, 5.74) is 3.53. The van der Waals surface area contributed by atoms with Crippen LogP contribution in [0.5, 0.6) is 0 Å². The number of pyridine rings is 1. The first-order valence-electron chi connectivity index (χ1n) is 13.0. The number of ketones is 2. The summed E-state index contributed by atoms with van der Waals surface area (Å²) >= 11 is 0. The van der Waals surface area contributed by atoms with Crippen LogP contribution < -0.4 is 0 Å². The first-order chi connectivity index (χ1) is 17.0. The van der Waals surface area contributed by atoms with E-state index in [2.05, 4.69) is 67.0 Å². The average molecular weight is 506 g/mol. The van der Waals surface area contributed by atoms with E-state index in [1.807, 2.05) is 6.07 Å². The van der Waals surface area contributed by atoms with Gasteiger partial charge in [0.15, 0.2) is 11.3 Å². The first-order valence-corrected chi connectivity index (χ1v) is 13.0. The van der Waals surface area contributed by atoms with Gasteiger partial charge < -0.3 is 4.42 Å². The van der Waals surface area contributed by atoms with Crippen LogP contribution in [-0.2, 0) is 10.2 Å². The van der Waals surface area contributed by atoms with Crippen LogP contribution in [0.3, 0.4) is 0 Å². The molecule has 4 nitrogen and oxygen atoms in total. The van der Waals surface area contributed by atoms with Crippen molar-refractivity contribution in [3.05, 3.63) is 66.2 Å². The SMILES string of the molecule is C=CC(=O)c1cc2nc(-c3ccc(F)cc3)cc(C(C)(C)C)c2o1.CC1(C)CCCC(C(C)(C)C)C1=O. The number of furan rings is 1. The zero-order valence-corrected chi connectivity index (χ0v) is 23.5. The minimum absolute atomic E-state index is 0.0732. The molecule has 0 saturated heterocycles.